The number of aromatic carboxylic acids is 2. The number of fused-ring (bicyclic) bond motifs is 1. The number of aryl methyl sites for hydroxylation is 2. The Morgan fingerprint density at radius 1 is 0.733 bits per heavy atom. The zero-order chi connectivity index (χ0) is 21.9. The van der Waals surface area contributed by atoms with Crippen LogP contribution in [0.3, 0.4) is 0 Å². The van der Waals surface area contributed by atoms with Crippen molar-refractivity contribution in [2.75, 3.05) is 0 Å². The van der Waals surface area contributed by atoms with Crippen LogP contribution in [0.1, 0.15) is 110 Å². The second-order valence-electron chi connectivity index (χ2n) is 8.28. The van der Waals surface area contributed by atoms with Crippen LogP contribution in [-0.4, -0.2) is 22.2 Å². The molecule has 0 saturated heterocycles. The lowest BCUT2D eigenvalue weighted by molar-refractivity contribution is 0.0694. The summed E-state index contributed by atoms with van der Waals surface area (Å²) in [6, 6.07) is 7.43. The molecule has 0 heterocycles. The van der Waals surface area contributed by atoms with E-state index in [0.29, 0.717) is 17.2 Å². The Bertz CT molecular complexity index is 854. The first-order valence-corrected chi connectivity index (χ1v) is 11.5. The van der Waals surface area contributed by atoms with Crippen LogP contribution in [0.4, 0.5) is 0 Å². The normalized spacial score (nSPS) is 11.1. The Balaban J connectivity index is 2.33. The largest absolute Gasteiger partial charge is 0.478 e. The summed E-state index contributed by atoms with van der Waals surface area (Å²) in [7, 11) is 0. The third kappa shape index (κ3) is 6.58. The maximum atomic E-state index is 12.1. The summed E-state index contributed by atoms with van der Waals surface area (Å²) in [5, 5.41) is 20.8. The molecular weight excluding hydrogens is 376 g/mol. The summed E-state index contributed by atoms with van der Waals surface area (Å²) in [4.78, 5) is 24.1. The number of hydrogen-bond acceptors (Lipinski definition) is 2. The first kappa shape index (κ1) is 23.9. The van der Waals surface area contributed by atoms with Crippen molar-refractivity contribution in [3.63, 3.8) is 0 Å². The molecule has 0 radical (unpaired) electrons. The van der Waals surface area contributed by atoms with Gasteiger partial charge < -0.3 is 10.2 Å². The van der Waals surface area contributed by atoms with Gasteiger partial charge in [0.15, 0.2) is 0 Å². The van der Waals surface area contributed by atoms with Gasteiger partial charge in [0, 0.05) is 5.39 Å². The van der Waals surface area contributed by atoms with Gasteiger partial charge in [-0.15, -0.1) is 0 Å². The molecule has 0 unspecified atom stereocenters. The fraction of sp³-hybridized carbons (Fsp3) is 0.538. The van der Waals surface area contributed by atoms with E-state index in [1.54, 1.807) is 6.07 Å². The second-order valence-corrected chi connectivity index (χ2v) is 8.28. The molecule has 0 spiro atoms. The highest BCUT2D eigenvalue weighted by molar-refractivity contribution is 6.13. The van der Waals surface area contributed by atoms with Gasteiger partial charge in [-0.1, -0.05) is 83.4 Å². The fourth-order valence-electron chi connectivity index (χ4n) is 4.19. The van der Waals surface area contributed by atoms with Crippen molar-refractivity contribution in [2.24, 2.45) is 0 Å². The highest BCUT2D eigenvalue weighted by Gasteiger charge is 2.21. The molecule has 0 aliphatic carbocycles. The third-order valence-electron chi connectivity index (χ3n) is 5.83. The van der Waals surface area contributed by atoms with Crippen molar-refractivity contribution < 1.29 is 19.8 Å². The van der Waals surface area contributed by atoms with Gasteiger partial charge in [0.2, 0.25) is 0 Å². The lowest BCUT2D eigenvalue weighted by atomic mass is 9.90. The Hall–Kier alpha value is -2.36. The third-order valence-corrected chi connectivity index (χ3v) is 5.83. The SMILES string of the molecule is CCCCCCCc1cc(C(=O)O)c2c(C(=O)O)c(CCCCCCC)ccc2c1. The molecule has 30 heavy (non-hydrogen) atoms. The zero-order valence-electron chi connectivity index (χ0n) is 18.5. The molecule has 2 aromatic rings. The van der Waals surface area contributed by atoms with Crippen LogP contribution in [0.2, 0.25) is 0 Å². The van der Waals surface area contributed by atoms with E-state index in [2.05, 4.69) is 13.8 Å². The molecule has 4 heteroatoms. The first-order chi connectivity index (χ1) is 14.5. The van der Waals surface area contributed by atoms with Crippen molar-refractivity contribution in [1.29, 1.82) is 0 Å². The van der Waals surface area contributed by atoms with Crippen LogP contribution in [0.15, 0.2) is 24.3 Å². The van der Waals surface area contributed by atoms with E-state index in [4.69, 9.17) is 0 Å². The Morgan fingerprint density at radius 2 is 1.33 bits per heavy atom. The predicted molar refractivity (Wildman–Crippen MR) is 123 cm³/mol. The van der Waals surface area contributed by atoms with Gasteiger partial charge in [0.25, 0.3) is 0 Å². The topological polar surface area (TPSA) is 74.6 Å². The summed E-state index contributed by atoms with van der Waals surface area (Å²) >= 11 is 0. The molecule has 0 aliphatic heterocycles. The van der Waals surface area contributed by atoms with Gasteiger partial charge in [-0.05, 0) is 48.3 Å². The van der Waals surface area contributed by atoms with E-state index in [1.165, 1.54) is 32.1 Å². The summed E-state index contributed by atoms with van der Waals surface area (Å²) in [6.07, 6.45) is 12.7. The number of carboxylic acids is 2. The van der Waals surface area contributed by atoms with Crippen LogP contribution in [0.5, 0.6) is 0 Å². The molecule has 4 nitrogen and oxygen atoms in total. The Labute approximate surface area is 180 Å². The van der Waals surface area contributed by atoms with Crippen molar-refractivity contribution in [1.82, 2.24) is 0 Å². The number of rotatable bonds is 14. The van der Waals surface area contributed by atoms with Crippen LogP contribution in [0, 0.1) is 0 Å². The van der Waals surface area contributed by atoms with Crippen molar-refractivity contribution in [2.45, 2.75) is 90.9 Å². The number of benzene rings is 2. The summed E-state index contributed by atoms with van der Waals surface area (Å²) < 4.78 is 0. The highest BCUT2D eigenvalue weighted by Crippen LogP contribution is 2.30. The van der Waals surface area contributed by atoms with Gasteiger partial charge in [0.1, 0.15) is 0 Å². The second kappa shape index (κ2) is 12.4. The van der Waals surface area contributed by atoms with Gasteiger partial charge in [-0.2, -0.15) is 0 Å². The van der Waals surface area contributed by atoms with Crippen LogP contribution in [-0.2, 0) is 12.8 Å². The number of hydrogen-bond donors (Lipinski definition) is 2. The van der Waals surface area contributed by atoms with Crippen LogP contribution in [0.25, 0.3) is 10.8 Å². The number of carboxylic acid groups (broad SMARTS) is 2. The lowest BCUT2D eigenvalue weighted by Crippen LogP contribution is -2.09. The van der Waals surface area contributed by atoms with E-state index < -0.39 is 11.9 Å². The van der Waals surface area contributed by atoms with Gasteiger partial charge in [-0.25, -0.2) is 9.59 Å². The zero-order valence-corrected chi connectivity index (χ0v) is 18.5. The minimum absolute atomic E-state index is 0.112. The molecule has 0 aromatic heterocycles. The number of unbranched alkanes of at least 4 members (excludes halogenated alkanes) is 8. The average molecular weight is 413 g/mol. The molecule has 2 rings (SSSR count). The van der Waals surface area contributed by atoms with Gasteiger partial charge in [0.05, 0.1) is 11.1 Å². The maximum absolute atomic E-state index is 12.1. The van der Waals surface area contributed by atoms with Gasteiger partial charge in [-0.3, -0.25) is 0 Å². The fourth-order valence-corrected chi connectivity index (χ4v) is 4.19. The van der Waals surface area contributed by atoms with Gasteiger partial charge >= 0.3 is 11.9 Å². The molecule has 0 atom stereocenters. The number of carbonyl (C=O) groups is 2. The summed E-state index contributed by atoms with van der Waals surface area (Å²) in [5.74, 6) is -2.10. The van der Waals surface area contributed by atoms with Crippen molar-refractivity contribution in [3.8, 4) is 0 Å². The smallest absolute Gasteiger partial charge is 0.336 e. The quantitative estimate of drug-likeness (QED) is 0.320. The van der Waals surface area contributed by atoms with E-state index in [-0.39, 0.29) is 11.1 Å². The summed E-state index contributed by atoms with van der Waals surface area (Å²) in [5.41, 5.74) is 1.98. The van der Waals surface area contributed by atoms with E-state index >= 15 is 0 Å². The molecule has 0 fully saturated rings. The van der Waals surface area contributed by atoms with E-state index in [1.807, 2.05) is 18.2 Å². The predicted octanol–water partition coefficient (Wildman–Crippen LogP) is 7.26. The lowest BCUT2D eigenvalue weighted by Gasteiger charge is -2.14. The molecule has 0 saturated carbocycles. The first-order valence-electron chi connectivity index (χ1n) is 11.5. The standard InChI is InChI=1S/C26H36O4/c1-3-5-7-9-11-13-19-17-21-16-15-20(14-12-10-8-6-4-2)24(26(29)30)23(21)22(18-19)25(27)28/h15-18H,3-14H2,1-2H3,(H,27,28)(H,29,30). The minimum Gasteiger partial charge on any atom is -0.478 e. The average Bonchev–Trinajstić information content (AvgIpc) is 2.72. The molecule has 0 aliphatic rings. The molecule has 164 valence electrons. The summed E-state index contributed by atoms with van der Waals surface area (Å²) in [6.45, 7) is 4.35. The molecule has 0 bridgehead atoms. The molecule has 2 N–H and O–H groups in total. The Morgan fingerprint density at radius 3 is 1.90 bits per heavy atom. The van der Waals surface area contributed by atoms with E-state index in [9.17, 15) is 19.8 Å². The maximum Gasteiger partial charge on any atom is 0.336 e. The van der Waals surface area contributed by atoms with Crippen molar-refractivity contribution in [3.05, 3.63) is 46.5 Å². The van der Waals surface area contributed by atoms with Crippen LogP contribution >= 0.6 is 0 Å². The molecule has 2 aromatic carbocycles. The van der Waals surface area contributed by atoms with Crippen LogP contribution < -0.4 is 0 Å². The Kier molecular flexibility index (Phi) is 9.85. The minimum atomic E-state index is -1.06. The monoisotopic (exact) mass is 412 g/mol. The van der Waals surface area contributed by atoms with E-state index in [0.717, 1.165) is 49.7 Å². The molecule has 0 amide bonds. The van der Waals surface area contributed by atoms with Crippen molar-refractivity contribution >= 4 is 22.7 Å². The highest BCUT2D eigenvalue weighted by atomic mass is 16.4. The molecular formula is C26H36O4.